The number of nitrogens with zero attached hydrogens (tertiary/aromatic N) is 2. The quantitative estimate of drug-likeness (QED) is 0.164. The third-order valence-corrected chi connectivity index (χ3v) is 4.28. The van der Waals surface area contributed by atoms with E-state index in [1.165, 1.54) is 17.7 Å². The highest BCUT2D eigenvalue weighted by molar-refractivity contribution is 14.0. The van der Waals surface area contributed by atoms with Gasteiger partial charge in [-0.2, -0.15) is 0 Å². The molecular formula is C21H35IN4O. The van der Waals surface area contributed by atoms with E-state index < -0.39 is 0 Å². The molecule has 0 fully saturated rings. The summed E-state index contributed by atoms with van der Waals surface area (Å²) in [5, 5.41) is 6.68. The van der Waals surface area contributed by atoms with E-state index >= 15 is 0 Å². The Morgan fingerprint density at radius 2 is 1.74 bits per heavy atom. The number of halogens is 1. The summed E-state index contributed by atoms with van der Waals surface area (Å²) in [6.07, 6.45) is 7.74. The molecule has 0 bridgehead atoms. The van der Waals surface area contributed by atoms with Crippen LogP contribution in [0.2, 0.25) is 0 Å². The fraction of sp³-hybridized carbons (Fsp3) is 0.571. The van der Waals surface area contributed by atoms with E-state index in [2.05, 4.69) is 70.8 Å². The molecule has 2 rings (SSSR count). The summed E-state index contributed by atoms with van der Waals surface area (Å²) < 4.78 is 5.59. The van der Waals surface area contributed by atoms with E-state index in [0.29, 0.717) is 6.54 Å². The Morgan fingerprint density at radius 3 is 2.41 bits per heavy atom. The van der Waals surface area contributed by atoms with Crippen LogP contribution < -0.4 is 15.5 Å². The molecule has 152 valence electrons. The fourth-order valence-electron chi connectivity index (χ4n) is 2.74. The summed E-state index contributed by atoms with van der Waals surface area (Å²) in [6.45, 7) is 10.4. The van der Waals surface area contributed by atoms with Gasteiger partial charge in [0.15, 0.2) is 5.96 Å². The molecule has 1 aliphatic heterocycles. The standard InChI is InChI=1S/C21H34N4O.HI/c1-3-5-16-26-17-8-13-23-21(22-4-2)24-18-19-9-11-20(12-10-19)25-14-6-7-15-25;/h6-7,9-12H,3-5,8,13-18H2,1-2H3,(H2,22,23,24);1H. The van der Waals surface area contributed by atoms with Crippen LogP contribution in [-0.2, 0) is 11.3 Å². The second-order valence-electron chi connectivity index (χ2n) is 6.48. The van der Waals surface area contributed by atoms with Crippen LogP contribution in [0.15, 0.2) is 41.4 Å². The van der Waals surface area contributed by atoms with Crippen molar-refractivity contribution in [3.05, 3.63) is 42.0 Å². The van der Waals surface area contributed by atoms with Crippen molar-refractivity contribution >= 4 is 35.6 Å². The van der Waals surface area contributed by atoms with Gasteiger partial charge in [-0.1, -0.05) is 37.6 Å². The molecule has 1 aromatic rings. The van der Waals surface area contributed by atoms with Gasteiger partial charge in [0.1, 0.15) is 0 Å². The van der Waals surface area contributed by atoms with Crippen LogP contribution in [0.5, 0.6) is 0 Å². The minimum Gasteiger partial charge on any atom is -0.381 e. The van der Waals surface area contributed by atoms with Crippen LogP contribution in [0.25, 0.3) is 0 Å². The Morgan fingerprint density at radius 1 is 1.04 bits per heavy atom. The topological polar surface area (TPSA) is 48.9 Å². The van der Waals surface area contributed by atoms with Gasteiger partial charge in [-0.15, -0.1) is 24.0 Å². The molecule has 2 N–H and O–H groups in total. The molecular weight excluding hydrogens is 451 g/mol. The Balaban J connectivity index is 0.00000364. The molecule has 0 spiro atoms. The summed E-state index contributed by atoms with van der Waals surface area (Å²) in [7, 11) is 0. The molecule has 1 aliphatic rings. The number of benzene rings is 1. The van der Waals surface area contributed by atoms with Crippen LogP contribution in [0.1, 0.15) is 38.7 Å². The molecule has 6 heteroatoms. The molecule has 0 saturated carbocycles. The average Bonchev–Trinajstić information content (AvgIpc) is 3.20. The Labute approximate surface area is 181 Å². The van der Waals surface area contributed by atoms with E-state index in [0.717, 1.165) is 58.2 Å². The van der Waals surface area contributed by atoms with Gasteiger partial charge in [0.25, 0.3) is 0 Å². The summed E-state index contributed by atoms with van der Waals surface area (Å²) in [4.78, 5) is 7.03. The lowest BCUT2D eigenvalue weighted by molar-refractivity contribution is 0.129. The van der Waals surface area contributed by atoms with E-state index in [1.54, 1.807) is 0 Å². The largest absolute Gasteiger partial charge is 0.381 e. The Hall–Kier alpha value is -1.28. The van der Waals surface area contributed by atoms with Crippen LogP contribution in [-0.4, -0.2) is 45.4 Å². The van der Waals surface area contributed by atoms with Gasteiger partial charge in [0.2, 0.25) is 0 Å². The number of nitrogens with one attached hydrogen (secondary N) is 2. The van der Waals surface area contributed by atoms with Gasteiger partial charge in [-0.05, 0) is 37.5 Å². The number of rotatable bonds is 11. The average molecular weight is 486 g/mol. The van der Waals surface area contributed by atoms with Gasteiger partial charge in [0.05, 0.1) is 6.54 Å². The zero-order chi connectivity index (χ0) is 18.5. The lowest BCUT2D eigenvalue weighted by Crippen LogP contribution is -2.38. The number of anilines is 1. The summed E-state index contributed by atoms with van der Waals surface area (Å²) in [5.41, 5.74) is 2.50. The van der Waals surface area contributed by atoms with Crippen molar-refractivity contribution in [2.24, 2.45) is 4.99 Å². The van der Waals surface area contributed by atoms with E-state index in [4.69, 9.17) is 4.74 Å². The first-order valence-corrected chi connectivity index (χ1v) is 9.92. The van der Waals surface area contributed by atoms with E-state index in [9.17, 15) is 0 Å². The van der Waals surface area contributed by atoms with Crippen molar-refractivity contribution in [1.82, 2.24) is 10.6 Å². The van der Waals surface area contributed by atoms with Gasteiger partial charge in [-0.3, -0.25) is 0 Å². The predicted molar refractivity (Wildman–Crippen MR) is 126 cm³/mol. The molecule has 27 heavy (non-hydrogen) atoms. The van der Waals surface area contributed by atoms with Gasteiger partial charge in [-0.25, -0.2) is 4.99 Å². The number of ether oxygens (including phenoxy) is 1. The minimum atomic E-state index is 0. The van der Waals surface area contributed by atoms with Crippen LogP contribution in [0, 0.1) is 0 Å². The van der Waals surface area contributed by atoms with Gasteiger partial charge < -0.3 is 20.3 Å². The molecule has 5 nitrogen and oxygen atoms in total. The Bertz CT molecular complexity index is 552. The number of hydrogen-bond acceptors (Lipinski definition) is 3. The van der Waals surface area contributed by atoms with Crippen molar-refractivity contribution in [3.8, 4) is 0 Å². The van der Waals surface area contributed by atoms with Crippen molar-refractivity contribution in [2.75, 3.05) is 44.3 Å². The maximum absolute atomic E-state index is 5.59. The maximum atomic E-state index is 5.59. The first kappa shape index (κ1) is 23.8. The summed E-state index contributed by atoms with van der Waals surface area (Å²) in [6, 6.07) is 8.71. The van der Waals surface area contributed by atoms with E-state index in [-0.39, 0.29) is 24.0 Å². The minimum absolute atomic E-state index is 0. The molecule has 0 saturated heterocycles. The predicted octanol–water partition coefficient (Wildman–Crippen LogP) is 3.94. The first-order chi connectivity index (χ1) is 12.8. The lowest BCUT2D eigenvalue weighted by atomic mass is 10.2. The molecule has 1 heterocycles. The monoisotopic (exact) mass is 486 g/mol. The van der Waals surface area contributed by atoms with Crippen molar-refractivity contribution < 1.29 is 4.74 Å². The zero-order valence-electron chi connectivity index (χ0n) is 16.7. The third kappa shape index (κ3) is 9.46. The lowest BCUT2D eigenvalue weighted by Gasteiger charge is -2.17. The smallest absolute Gasteiger partial charge is 0.191 e. The molecule has 1 aromatic carbocycles. The zero-order valence-corrected chi connectivity index (χ0v) is 19.1. The van der Waals surface area contributed by atoms with E-state index in [1.807, 2.05) is 0 Å². The maximum Gasteiger partial charge on any atom is 0.191 e. The molecule has 0 radical (unpaired) electrons. The van der Waals surface area contributed by atoms with Crippen molar-refractivity contribution in [1.29, 1.82) is 0 Å². The number of aliphatic imine (C=N–C) groups is 1. The number of unbranched alkanes of at least 4 members (excludes halogenated alkanes) is 1. The summed E-state index contributed by atoms with van der Waals surface area (Å²) >= 11 is 0. The first-order valence-electron chi connectivity index (χ1n) is 9.92. The normalized spacial score (nSPS) is 13.6. The van der Waals surface area contributed by atoms with Gasteiger partial charge in [0, 0.05) is 45.1 Å². The number of hydrogen-bond donors (Lipinski definition) is 2. The van der Waals surface area contributed by atoms with Crippen molar-refractivity contribution in [3.63, 3.8) is 0 Å². The molecule has 0 atom stereocenters. The highest BCUT2D eigenvalue weighted by Gasteiger charge is 2.06. The molecule has 0 aliphatic carbocycles. The SMILES string of the molecule is CCCCOCCCNC(=NCc1ccc(N2CC=CC2)cc1)NCC.I. The van der Waals surface area contributed by atoms with Crippen LogP contribution in [0.3, 0.4) is 0 Å². The molecule has 0 aromatic heterocycles. The third-order valence-electron chi connectivity index (χ3n) is 4.28. The van der Waals surface area contributed by atoms with Crippen LogP contribution >= 0.6 is 24.0 Å². The van der Waals surface area contributed by atoms with Gasteiger partial charge >= 0.3 is 0 Å². The highest BCUT2D eigenvalue weighted by atomic mass is 127. The molecule has 0 unspecified atom stereocenters. The fourth-order valence-corrected chi connectivity index (χ4v) is 2.74. The van der Waals surface area contributed by atoms with Crippen molar-refractivity contribution in [2.45, 2.75) is 39.7 Å². The second-order valence-corrected chi connectivity index (χ2v) is 6.48. The Kier molecular flexibility index (Phi) is 13.0. The van der Waals surface area contributed by atoms with Crippen LogP contribution in [0.4, 0.5) is 5.69 Å². The highest BCUT2D eigenvalue weighted by Crippen LogP contribution is 2.17. The summed E-state index contributed by atoms with van der Waals surface area (Å²) in [5.74, 6) is 0.869. The molecule has 0 amide bonds. The second kappa shape index (κ2) is 14.7. The number of guanidine groups is 1.